The summed E-state index contributed by atoms with van der Waals surface area (Å²) in [5, 5.41) is 39.3. The van der Waals surface area contributed by atoms with E-state index in [1.165, 1.54) is 42.5 Å². The maximum Gasteiger partial charge on any atom is 0.201 e. The van der Waals surface area contributed by atoms with Crippen LogP contribution in [-0.4, -0.2) is 32.0 Å². The molecule has 0 heterocycles. The number of hydrogen-bond acceptors (Lipinski definition) is 6. The first-order valence-electron chi connectivity index (χ1n) is 8.15. The van der Waals surface area contributed by atoms with E-state index >= 15 is 0 Å². The Bertz CT molecular complexity index is 1130. The highest BCUT2D eigenvalue weighted by molar-refractivity contribution is 6.30. The van der Waals surface area contributed by atoms with Crippen molar-refractivity contribution in [3.8, 4) is 23.0 Å². The Morgan fingerprint density at radius 2 is 1.30 bits per heavy atom. The molecule has 0 fully saturated rings. The van der Waals surface area contributed by atoms with Crippen molar-refractivity contribution in [2.45, 2.75) is 6.42 Å². The first-order valence-corrected chi connectivity index (χ1v) is 8.15. The van der Waals surface area contributed by atoms with E-state index in [-0.39, 0.29) is 51.7 Å². The Morgan fingerprint density at radius 3 is 2.04 bits per heavy atom. The lowest BCUT2D eigenvalue weighted by Crippen LogP contribution is -2.21. The number of rotatable bonds is 2. The van der Waals surface area contributed by atoms with Crippen molar-refractivity contribution in [2.24, 2.45) is 0 Å². The first-order chi connectivity index (χ1) is 12.9. The van der Waals surface area contributed by atoms with Crippen molar-refractivity contribution in [2.75, 3.05) is 0 Å². The average Bonchev–Trinajstić information content (AvgIpc) is 2.62. The molecule has 0 amide bonds. The molecule has 0 saturated carbocycles. The van der Waals surface area contributed by atoms with Crippen LogP contribution in [0.5, 0.6) is 23.0 Å². The lowest BCUT2D eigenvalue weighted by Gasteiger charge is -2.20. The van der Waals surface area contributed by atoms with Crippen LogP contribution in [0, 0.1) is 0 Å². The van der Waals surface area contributed by atoms with Gasteiger partial charge in [-0.15, -0.1) is 0 Å². The van der Waals surface area contributed by atoms with Crippen molar-refractivity contribution in [3.63, 3.8) is 0 Å². The maximum absolute atomic E-state index is 12.8. The Balaban J connectivity index is 1.81. The number of benzene rings is 3. The number of phenols is 4. The Morgan fingerprint density at radius 1 is 0.593 bits per heavy atom. The van der Waals surface area contributed by atoms with Gasteiger partial charge < -0.3 is 20.4 Å². The topological polar surface area (TPSA) is 115 Å². The molecule has 4 N–H and O–H groups in total. The molecule has 3 aromatic carbocycles. The summed E-state index contributed by atoms with van der Waals surface area (Å²) in [5.41, 5.74) is 1.12. The van der Waals surface area contributed by atoms with E-state index in [1.54, 1.807) is 6.07 Å². The summed E-state index contributed by atoms with van der Waals surface area (Å²) in [6, 6.07) is 11.5. The van der Waals surface area contributed by atoms with E-state index in [4.69, 9.17) is 0 Å². The summed E-state index contributed by atoms with van der Waals surface area (Å²) in [4.78, 5) is 25.5. The summed E-state index contributed by atoms with van der Waals surface area (Å²) in [6.45, 7) is 0. The second-order valence-electron chi connectivity index (χ2n) is 6.40. The Kier molecular flexibility index (Phi) is 3.63. The van der Waals surface area contributed by atoms with Gasteiger partial charge in [-0.25, -0.2) is 0 Å². The number of phenolic OH excluding ortho intramolecular Hbond substituents is 4. The van der Waals surface area contributed by atoms with Gasteiger partial charge in [-0.3, -0.25) is 9.59 Å². The van der Waals surface area contributed by atoms with E-state index in [2.05, 4.69) is 0 Å². The largest absolute Gasteiger partial charge is 0.507 e. The Hall–Kier alpha value is -3.80. The lowest BCUT2D eigenvalue weighted by molar-refractivity contribution is 0.0974. The van der Waals surface area contributed by atoms with Gasteiger partial charge in [0.15, 0.2) is 17.3 Å². The van der Waals surface area contributed by atoms with E-state index in [9.17, 15) is 30.0 Å². The monoisotopic (exact) mass is 362 g/mol. The zero-order valence-electron chi connectivity index (χ0n) is 13.9. The van der Waals surface area contributed by atoms with Crippen LogP contribution in [0.15, 0.2) is 48.5 Å². The van der Waals surface area contributed by atoms with Gasteiger partial charge in [0.1, 0.15) is 11.5 Å². The molecular weight excluding hydrogens is 348 g/mol. The molecule has 0 atom stereocenters. The van der Waals surface area contributed by atoms with Gasteiger partial charge in [-0.2, -0.15) is 0 Å². The number of fused-ring (bicyclic) bond motifs is 2. The average molecular weight is 362 g/mol. The fourth-order valence-electron chi connectivity index (χ4n) is 3.36. The van der Waals surface area contributed by atoms with Crippen LogP contribution in [-0.2, 0) is 6.42 Å². The molecular formula is C21H14O6. The molecule has 0 aromatic heterocycles. The third kappa shape index (κ3) is 2.58. The zero-order valence-corrected chi connectivity index (χ0v) is 13.9. The van der Waals surface area contributed by atoms with Crippen LogP contribution in [0.25, 0.3) is 0 Å². The second kappa shape index (κ2) is 5.88. The van der Waals surface area contributed by atoms with E-state index in [0.717, 1.165) is 0 Å². The molecule has 6 heteroatoms. The summed E-state index contributed by atoms with van der Waals surface area (Å²) < 4.78 is 0. The highest BCUT2D eigenvalue weighted by Crippen LogP contribution is 2.37. The normalized spacial score (nSPS) is 12.6. The fourth-order valence-corrected chi connectivity index (χ4v) is 3.36. The predicted molar refractivity (Wildman–Crippen MR) is 95.7 cm³/mol. The number of aromatic hydroxyl groups is 4. The Labute approximate surface area is 153 Å². The van der Waals surface area contributed by atoms with Gasteiger partial charge in [-0.1, -0.05) is 18.2 Å². The summed E-state index contributed by atoms with van der Waals surface area (Å²) in [6.07, 6.45) is 0.267. The van der Waals surface area contributed by atoms with Crippen molar-refractivity contribution >= 4 is 11.6 Å². The van der Waals surface area contributed by atoms with Gasteiger partial charge in [0.05, 0.1) is 11.1 Å². The molecule has 3 aromatic rings. The maximum atomic E-state index is 12.8. The van der Waals surface area contributed by atoms with Crippen LogP contribution in [0.4, 0.5) is 0 Å². The molecule has 0 radical (unpaired) electrons. The van der Waals surface area contributed by atoms with Gasteiger partial charge in [0.25, 0.3) is 0 Å². The van der Waals surface area contributed by atoms with E-state index < -0.39 is 11.6 Å². The fraction of sp³-hybridized carbons (Fsp3) is 0.0476. The minimum Gasteiger partial charge on any atom is -0.507 e. The molecule has 0 unspecified atom stereocenters. The molecule has 134 valence electrons. The van der Waals surface area contributed by atoms with E-state index in [0.29, 0.717) is 11.1 Å². The van der Waals surface area contributed by atoms with Crippen LogP contribution in [0.2, 0.25) is 0 Å². The standard InChI is InChI=1S/C21H14O6/c22-14-5-4-10(8-16(14)24)6-11-7-13-19(17(25)9-11)21(27)18-12(20(13)26)2-1-3-15(18)23/h1-5,7-9,22-25H,6H2. The molecule has 0 saturated heterocycles. The van der Waals surface area contributed by atoms with Crippen LogP contribution in [0.3, 0.4) is 0 Å². The van der Waals surface area contributed by atoms with Crippen LogP contribution >= 0.6 is 0 Å². The van der Waals surface area contributed by atoms with Crippen molar-refractivity contribution in [1.82, 2.24) is 0 Å². The van der Waals surface area contributed by atoms with Crippen LogP contribution < -0.4 is 0 Å². The smallest absolute Gasteiger partial charge is 0.201 e. The minimum absolute atomic E-state index is 0.0658. The number of ketones is 2. The quantitative estimate of drug-likeness (QED) is 0.408. The first kappa shape index (κ1) is 16.7. The summed E-state index contributed by atoms with van der Waals surface area (Å²) in [5.74, 6) is -2.24. The lowest BCUT2D eigenvalue weighted by atomic mass is 9.82. The molecule has 6 nitrogen and oxygen atoms in total. The summed E-state index contributed by atoms with van der Waals surface area (Å²) in [7, 11) is 0. The SMILES string of the molecule is O=C1c2cccc(O)c2C(=O)c2c(O)cc(Cc3ccc(O)c(O)c3)cc21. The third-order valence-corrected chi connectivity index (χ3v) is 4.61. The van der Waals surface area contributed by atoms with Gasteiger partial charge in [-0.05, 0) is 47.9 Å². The van der Waals surface area contributed by atoms with Crippen molar-refractivity contribution in [1.29, 1.82) is 0 Å². The molecule has 1 aliphatic rings. The number of carbonyl (C=O) groups excluding carboxylic acids is 2. The summed E-state index contributed by atoms with van der Waals surface area (Å²) >= 11 is 0. The van der Waals surface area contributed by atoms with Gasteiger partial charge in [0.2, 0.25) is 5.78 Å². The minimum atomic E-state index is -0.607. The van der Waals surface area contributed by atoms with Crippen molar-refractivity contribution < 1.29 is 30.0 Å². The molecule has 0 aliphatic heterocycles. The van der Waals surface area contributed by atoms with Crippen molar-refractivity contribution in [3.05, 3.63) is 81.9 Å². The zero-order chi connectivity index (χ0) is 19.3. The predicted octanol–water partition coefficient (Wildman–Crippen LogP) is 2.88. The number of hydrogen-bond donors (Lipinski definition) is 4. The van der Waals surface area contributed by atoms with Gasteiger partial charge in [0, 0.05) is 11.1 Å². The van der Waals surface area contributed by atoms with Gasteiger partial charge >= 0.3 is 0 Å². The molecule has 27 heavy (non-hydrogen) atoms. The molecule has 4 rings (SSSR count). The highest BCUT2D eigenvalue weighted by Gasteiger charge is 2.34. The highest BCUT2D eigenvalue weighted by atomic mass is 16.3. The molecule has 0 spiro atoms. The van der Waals surface area contributed by atoms with E-state index in [1.807, 2.05) is 0 Å². The molecule has 0 bridgehead atoms. The number of carbonyl (C=O) groups is 2. The molecule has 1 aliphatic carbocycles. The second-order valence-corrected chi connectivity index (χ2v) is 6.40. The third-order valence-electron chi connectivity index (χ3n) is 4.61. The van der Waals surface area contributed by atoms with Crippen LogP contribution in [0.1, 0.15) is 43.0 Å².